The molecular weight excluding hydrogens is 359 g/mol. The molecule has 1 aliphatic heterocycles. The summed E-state index contributed by atoms with van der Waals surface area (Å²) in [5.74, 6) is -0.374. The Balaban J connectivity index is 2.00. The van der Waals surface area contributed by atoms with Crippen LogP contribution < -0.4 is 11.1 Å². The van der Waals surface area contributed by atoms with Gasteiger partial charge < -0.3 is 15.8 Å². The van der Waals surface area contributed by atoms with Crippen molar-refractivity contribution in [2.45, 2.75) is 12.5 Å². The highest BCUT2D eigenvalue weighted by Gasteiger charge is 2.23. The van der Waals surface area contributed by atoms with E-state index in [1.165, 1.54) is 0 Å². The maximum Gasteiger partial charge on any atom is 0.329 e. The minimum Gasteiger partial charge on any atom is -0.464 e. The van der Waals surface area contributed by atoms with Crippen molar-refractivity contribution in [3.63, 3.8) is 0 Å². The SMILES string of the molecule is NC[C@@H]1N/C(c2c(Cl)cc(-c3ccccc3)cc2Cl)=C\CCOC1=O. The van der Waals surface area contributed by atoms with Crippen molar-refractivity contribution in [2.24, 2.45) is 5.73 Å². The number of hydrogen-bond acceptors (Lipinski definition) is 4. The minimum absolute atomic E-state index is 0.119. The number of carbonyl (C=O) groups excluding carboxylic acids is 1. The lowest BCUT2D eigenvalue weighted by atomic mass is 10.0. The minimum atomic E-state index is -0.632. The molecule has 25 heavy (non-hydrogen) atoms. The van der Waals surface area contributed by atoms with E-state index in [9.17, 15) is 4.79 Å². The zero-order chi connectivity index (χ0) is 17.8. The monoisotopic (exact) mass is 376 g/mol. The highest BCUT2D eigenvalue weighted by atomic mass is 35.5. The summed E-state index contributed by atoms with van der Waals surface area (Å²) in [5.41, 5.74) is 8.99. The summed E-state index contributed by atoms with van der Waals surface area (Å²) in [6, 6.07) is 13.0. The third kappa shape index (κ3) is 3.98. The Morgan fingerprint density at radius 2 is 1.80 bits per heavy atom. The van der Waals surface area contributed by atoms with Crippen LogP contribution in [0.4, 0.5) is 0 Å². The second-order valence-electron chi connectivity index (χ2n) is 5.69. The molecule has 3 N–H and O–H groups in total. The first kappa shape index (κ1) is 17.8. The number of hydrogen-bond donors (Lipinski definition) is 2. The van der Waals surface area contributed by atoms with Gasteiger partial charge in [-0.05, 0) is 23.3 Å². The topological polar surface area (TPSA) is 64.3 Å². The number of nitrogens with one attached hydrogen (secondary N) is 1. The Labute approximate surface area is 156 Å². The molecule has 0 spiro atoms. The molecule has 0 bridgehead atoms. The van der Waals surface area contributed by atoms with Crippen molar-refractivity contribution in [2.75, 3.05) is 13.2 Å². The average molecular weight is 377 g/mol. The zero-order valence-corrected chi connectivity index (χ0v) is 15.0. The van der Waals surface area contributed by atoms with Gasteiger partial charge in [-0.15, -0.1) is 0 Å². The Morgan fingerprint density at radius 3 is 2.44 bits per heavy atom. The van der Waals surface area contributed by atoms with Gasteiger partial charge in [-0.3, -0.25) is 0 Å². The number of cyclic esters (lactones) is 1. The Kier molecular flexibility index (Phi) is 5.63. The van der Waals surface area contributed by atoms with Crippen LogP contribution in [0.15, 0.2) is 48.5 Å². The molecule has 0 saturated carbocycles. The van der Waals surface area contributed by atoms with E-state index in [2.05, 4.69) is 5.32 Å². The summed E-state index contributed by atoms with van der Waals surface area (Å²) < 4.78 is 5.12. The number of esters is 1. The van der Waals surface area contributed by atoms with Crippen LogP contribution in [0.25, 0.3) is 16.8 Å². The van der Waals surface area contributed by atoms with E-state index in [0.29, 0.717) is 34.3 Å². The van der Waals surface area contributed by atoms with Gasteiger partial charge in [-0.25, -0.2) is 4.79 Å². The molecule has 1 heterocycles. The van der Waals surface area contributed by atoms with E-state index in [-0.39, 0.29) is 12.5 Å². The van der Waals surface area contributed by atoms with Crippen LogP contribution in [0.5, 0.6) is 0 Å². The molecule has 0 unspecified atom stereocenters. The van der Waals surface area contributed by atoms with Crippen molar-refractivity contribution in [1.29, 1.82) is 0 Å². The number of ether oxygens (including phenoxy) is 1. The molecule has 0 aliphatic carbocycles. The fourth-order valence-electron chi connectivity index (χ4n) is 2.73. The first-order valence-corrected chi connectivity index (χ1v) is 8.74. The van der Waals surface area contributed by atoms with Gasteiger partial charge >= 0.3 is 5.97 Å². The first-order valence-electron chi connectivity index (χ1n) is 7.98. The van der Waals surface area contributed by atoms with Crippen molar-refractivity contribution in [3.8, 4) is 11.1 Å². The van der Waals surface area contributed by atoms with Crippen molar-refractivity contribution in [3.05, 3.63) is 64.1 Å². The molecule has 6 heteroatoms. The quantitative estimate of drug-likeness (QED) is 0.798. The van der Waals surface area contributed by atoms with Gasteiger partial charge in [0.2, 0.25) is 0 Å². The fourth-order valence-corrected chi connectivity index (χ4v) is 3.42. The number of halogens is 2. The predicted molar refractivity (Wildman–Crippen MR) is 101 cm³/mol. The van der Waals surface area contributed by atoms with Crippen molar-refractivity contribution < 1.29 is 9.53 Å². The third-order valence-corrected chi connectivity index (χ3v) is 4.58. The van der Waals surface area contributed by atoms with Crippen LogP contribution >= 0.6 is 23.2 Å². The summed E-state index contributed by atoms with van der Waals surface area (Å²) >= 11 is 13.1. The third-order valence-electron chi connectivity index (χ3n) is 3.98. The van der Waals surface area contributed by atoms with Gasteiger partial charge in [0.15, 0.2) is 0 Å². The van der Waals surface area contributed by atoms with Crippen LogP contribution in [-0.4, -0.2) is 25.2 Å². The maximum absolute atomic E-state index is 11.9. The lowest BCUT2D eigenvalue weighted by Gasteiger charge is -2.23. The highest BCUT2D eigenvalue weighted by molar-refractivity contribution is 6.38. The molecule has 4 nitrogen and oxygen atoms in total. The number of rotatable bonds is 3. The first-order chi connectivity index (χ1) is 12.1. The molecule has 1 atom stereocenters. The Hall–Kier alpha value is -2.01. The summed E-state index contributed by atoms with van der Waals surface area (Å²) in [5, 5.41) is 4.12. The van der Waals surface area contributed by atoms with Gasteiger partial charge in [0.05, 0.1) is 16.7 Å². The molecule has 0 aromatic heterocycles. The summed E-state index contributed by atoms with van der Waals surface area (Å²) in [6.07, 6.45) is 2.49. The van der Waals surface area contributed by atoms with Gasteiger partial charge in [-0.1, -0.05) is 59.6 Å². The van der Waals surface area contributed by atoms with Gasteiger partial charge in [0.1, 0.15) is 6.04 Å². The fraction of sp³-hybridized carbons (Fsp3) is 0.211. The van der Waals surface area contributed by atoms with E-state index in [0.717, 1.165) is 11.1 Å². The van der Waals surface area contributed by atoms with E-state index in [1.807, 2.05) is 48.5 Å². The van der Waals surface area contributed by atoms with Crippen molar-refractivity contribution >= 4 is 34.9 Å². The molecule has 0 amide bonds. The van der Waals surface area contributed by atoms with Crippen LogP contribution in [0, 0.1) is 0 Å². The van der Waals surface area contributed by atoms with Gasteiger partial charge in [-0.2, -0.15) is 0 Å². The molecule has 0 radical (unpaired) electrons. The Morgan fingerprint density at radius 1 is 1.12 bits per heavy atom. The molecule has 0 saturated heterocycles. The van der Waals surface area contributed by atoms with E-state index in [4.69, 9.17) is 33.7 Å². The number of benzene rings is 2. The average Bonchev–Trinajstić information content (AvgIpc) is 2.60. The van der Waals surface area contributed by atoms with E-state index < -0.39 is 6.04 Å². The zero-order valence-electron chi connectivity index (χ0n) is 13.5. The second kappa shape index (κ2) is 7.91. The van der Waals surface area contributed by atoms with Gasteiger partial charge in [0.25, 0.3) is 0 Å². The molecule has 130 valence electrons. The summed E-state index contributed by atoms with van der Waals surface area (Å²) in [7, 11) is 0. The molecular formula is C19H18Cl2N2O2. The van der Waals surface area contributed by atoms with E-state index in [1.54, 1.807) is 0 Å². The maximum atomic E-state index is 11.9. The van der Waals surface area contributed by atoms with Crippen LogP contribution in [0.2, 0.25) is 10.0 Å². The molecule has 1 aliphatic rings. The lowest BCUT2D eigenvalue weighted by molar-refractivity contribution is -0.145. The predicted octanol–water partition coefficient (Wildman–Crippen LogP) is 3.87. The highest BCUT2D eigenvalue weighted by Crippen LogP contribution is 2.35. The summed E-state index contributed by atoms with van der Waals surface area (Å²) in [4.78, 5) is 11.9. The lowest BCUT2D eigenvalue weighted by Crippen LogP contribution is -2.43. The largest absolute Gasteiger partial charge is 0.464 e. The Bertz CT molecular complexity index is 783. The van der Waals surface area contributed by atoms with E-state index >= 15 is 0 Å². The van der Waals surface area contributed by atoms with Crippen molar-refractivity contribution in [1.82, 2.24) is 5.32 Å². The number of carbonyl (C=O) groups is 1. The molecule has 3 rings (SSSR count). The van der Waals surface area contributed by atoms with Crippen LogP contribution in [0.1, 0.15) is 12.0 Å². The van der Waals surface area contributed by atoms with Crippen LogP contribution in [0.3, 0.4) is 0 Å². The van der Waals surface area contributed by atoms with Crippen LogP contribution in [-0.2, 0) is 9.53 Å². The normalized spacial score (nSPS) is 19.9. The standard InChI is InChI=1S/C19H18Cl2N2O2/c20-14-9-13(12-5-2-1-3-6-12)10-15(21)18(14)16-7-4-8-25-19(24)17(11-22)23-16/h1-3,5-7,9-10,17,23H,4,8,11,22H2/b16-7-/t17-/m0/s1. The second-order valence-corrected chi connectivity index (χ2v) is 6.50. The molecule has 2 aromatic carbocycles. The smallest absolute Gasteiger partial charge is 0.329 e. The molecule has 2 aromatic rings. The molecule has 0 fully saturated rings. The summed E-state index contributed by atoms with van der Waals surface area (Å²) in [6.45, 7) is 0.422. The van der Waals surface area contributed by atoms with Gasteiger partial charge in [0, 0.05) is 24.2 Å². The number of nitrogens with two attached hydrogens (primary N) is 1.